The van der Waals surface area contributed by atoms with Gasteiger partial charge in [0.1, 0.15) is 0 Å². The lowest BCUT2D eigenvalue weighted by Crippen LogP contribution is -2.54. The number of benzene rings is 2. The number of nitrogen functional groups attached to an aromatic ring is 1. The summed E-state index contributed by atoms with van der Waals surface area (Å²) in [6.45, 7) is 16.8. The molecule has 1 saturated heterocycles. The van der Waals surface area contributed by atoms with Gasteiger partial charge in [0.05, 0.1) is 54.8 Å². The van der Waals surface area contributed by atoms with E-state index in [9.17, 15) is 24.3 Å². The number of likely N-dealkylation sites (tertiary alicyclic amines) is 1. The summed E-state index contributed by atoms with van der Waals surface area (Å²) in [5.74, 6) is -1.80. The third kappa shape index (κ3) is 13.1. The highest BCUT2D eigenvalue weighted by Crippen LogP contribution is 2.31. The second-order valence-electron chi connectivity index (χ2n) is 17.6. The molecule has 1 aliphatic rings. The highest BCUT2D eigenvalue weighted by Gasteiger charge is 2.43. The number of ether oxygens (including phenoxy) is 2. The van der Waals surface area contributed by atoms with E-state index in [1.807, 2.05) is 99.1 Å². The number of nitrogens with zero attached hydrogens (tertiary/aromatic N) is 3. The maximum Gasteiger partial charge on any atom is 0.226 e. The monoisotopic (exact) mass is 822 g/mol. The maximum atomic E-state index is 14.6. The maximum absolute atomic E-state index is 14.6. The fraction of sp³-hybridized carbons (Fsp3) is 0.660. The largest absolute Gasteiger partial charge is 0.399 e. The van der Waals surface area contributed by atoms with Crippen molar-refractivity contribution < 1.29 is 33.8 Å². The van der Waals surface area contributed by atoms with Gasteiger partial charge in [0.2, 0.25) is 17.7 Å². The molecule has 3 amide bonds. The van der Waals surface area contributed by atoms with E-state index in [4.69, 9.17) is 15.2 Å². The predicted molar refractivity (Wildman–Crippen MR) is 234 cm³/mol. The Bertz CT molecular complexity index is 1640. The first-order valence-electron chi connectivity index (χ1n) is 21.6. The van der Waals surface area contributed by atoms with Gasteiger partial charge in [-0.25, -0.2) is 0 Å². The summed E-state index contributed by atoms with van der Waals surface area (Å²) in [5.41, 5.74) is 8.43. The molecule has 4 N–H and O–H groups in total. The molecular formula is C47H75N5O7. The molecule has 1 fully saturated rings. The number of carbonyl (C=O) groups is 4. The quantitative estimate of drug-likeness (QED) is 0.113. The fourth-order valence-electron chi connectivity index (χ4n) is 9.09. The van der Waals surface area contributed by atoms with Gasteiger partial charge in [-0.2, -0.15) is 0 Å². The van der Waals surface area contributed by atoms with Gasteiger partial charge in [-0.3, -0.25) is 24.1 Å². The normalized spacial score (nSPS) is 19.1. The van der Waals surface area contributed by atoms with Crippen molar-refractivity contribution in [1.82, 2.24) is 20.0 Å². The molecule has 1 unspecified atom stereocenters. The highest BCUT2D eigenvalue weighted by atomic mass is 16.5. The lowest BCUT2D eigenvalue weighted by molar-refractivity contribution is -0.149. The zero-order valence-electron chi connectivity index (χ0n) is 37.9. The minimum Gasteiger partial charge on any atom is -0.399 e. The van der Waals surface area contributed by atoms with Crippen LogP contribution in [-0.4, -0.2) is 115 Å². The molecule has 2 aromatic carbocycles. The van der Waals surface area contributed by atoms with Gasteiger partial charge in [-0.15, -0.1) is 0 Å². The highest BCUT2D eigenvalue weighted by molar-refractivity contribution is 5.90. The summed E-state index contributed by atoms with van der Waals surface area (Å²) in [6, 6.07) is 15.1. The molecule has 1 aliphatic heterocycles. The molecule has 59 heavy (non-hydrogen) atoms. The Morgan fingerprint density at radius 1 is 0.915 bits per heavy atom. The first-order chi connectivity index (χ1) is 27.9. The van der Waals surface area contributed by atoms with E-state index in [0.29, 0.717) is 30.8 Å². The molecule has 0 radical (unpaired) electrons. The second-order valence-corrected chi connectivity index (χ2v) is 17.6. The van der Waals surface area contributed by atoms with Crippen LogP contribution < -0.4 is 11.1 Å². The average molecular weight is 822 g/mol. The molecule has 10 atom stereocenters. The Morgan fingerprint density at radius 3 is 2.14 bits per heavy atom. The van der Waals surface area contributed by atoms with Crippen molar-refractivity contribution in [2.75, 3.05) is 40.6 Å². The molecule has 0 bridgehead atoms. The van der Waals surface area contributed by atoms with Crippen LogP contribution in [0.5, 0.6) is 0 Å². The van der Waals surface area contributed by atoms with E-state index in [2.05, 4.69) is 19.2 Å². The number of aliphatic hydroxyl groups excluding tert-OH is 1. The first kappa shape index (κ1) is 49.5. The SMILES string of the molecule is CC[C@H](C)C([C@@H](CC(=O)N1CCC[C@H]1[C@H](OC)[C@@H](C)C(=O)N[C@H](C)[C@@H](O)c1ccccc1)OC)N(C)C(=O)[C@@H](CC(=O)[C@H](C(C)C)N(C)Cc1cccc(N)c1)C(C)C. The fourth-order valence-corrected chi connectivity index (χ4v) is 9.09. The lowest BCUT2D eigenvalue weighted by Gasteiger charge is -2.41. The Balaban J connectivity index is 1.77. The van der Waals surface area contributed by atoms with Crippen LogP contribution >= 0.6 is 0 Å². The van der Waals surface area contributed by atoms with Gasteiger partial charge >= 0.3 is 0 Å². The number of likely N-dealkylation sites (N-methyl/N-ethyl adjacent to an activating group) is 2. The summed E-state index contributed by atoms with van der Waals surface area (Å²) in [5, 5.41) is 13.8. The van der Waals surface area contributed by atoms with Crippen molar-refractivity contribution in [2.45, 2.75) is 137 Å². The van der Waals surface area contributed by atoms with Crippen LogP contribution in [0.25, 0.3) is 0 Å². The van der Waals surface area contributed by atoms with Gasteiger partial charge in [-0.1, -0.05) is 97.4 Å². The third-order valence-corrected chi connectivity index (χ3v) is 12.6. The summed E-state index contributed by atoms with van der Waals surface area (Å²) < 4.78 is 12.0. The van der Waals surface area contributed by atoms with Crippen molar-refractivity contribution in [3.05, 3.63) is 65.7 Å². The van der Waals surface area contributed by atoms with Crippen molar-refractivity contribution >= 4 is 29.2 Å². The number of Topliss-reactive ketones (excluding diaryl/α,β-unsaturated/α-hetero) is 1. The topological polar surface area (TPSA) is 155 Å². The predicted octanol–water partition coefficient (Wildman–Crippen LogP) is 6.12. The van der Waals surface area contributed by atoms with Gasteiger partial charge < -0.3 is 35.4 Å². The van der Waals surface area contributed by atoms with Crippen LogP contribution in [0.15, 0.2) is 54.6 Å². The molecular weight excluding hydrogens is 747 g/mol. The van der Waals surface area contributed by atoms with Crippen LogP contribution in [0.3, 0.4) is 0 Å². The lowest BCUT2D eigenvalue weighted by atomic mass is 9.83. The van der Waals surface area contributed by atoms with E-state index < -0.39 is 48.3 Å². The molecule has 12 heteroatoms. The minimum absolute atomic E-state index is 0.0166. The van der Waals surface area contributed by atoms with E-state index in [0.717, 1.165) is 18.4 Å². The summed E-state index contributed by atoms with van der Waals surface area (Å²) in [6.07, 6.45) is 0.221. The van der Waals surface area contributed by atoms with E-state index in [1.165, 1.54) is 0 Å². The number of ketones is 1. The van der Waals surface area contributed by atoms with Crippen molar-refractivity contribution in [3.63, 3.8) is 0 Å². The zero-order chi connectivity index (χ0) is 44.1. The number of nitrogens with two attached hydrogens (primary N) is 1. The zero-order valence-corrected chi connectivity index (χ0v) is 37.9. The molecule has 0 aromatic heterocycles. The van der Waals surface area contributed by atoms with Crippen molar-refractivity contribution in [3.8, 4) is 0 Å². The average Bonchev–Trinajstić information content (AvgIpc) is 3.68. The minimum atomic E-state index is -0.882. The Labute approximate surface area is 354 Å². The van der Waals surface area contributed by atoms with Crippen molar-refractivity contribution in [1.29, 1.82) is 0 Å². The molecule has 0 aliphatic carbocycles. The van der Waals surface area contributed by atoms with Gasteiger partial charge in [0.15, 0.2) is 5.78 Å². The number of hydrogen-bond acceptors (Lipinski definition) is 9. The van der Waals surface area contributed by atoms with Crippen LogP contribution in [0.2, 0.25) is 0 Å². The Kier molecular flexibility index (Phi) is 19.5. The summed E-state index contributed by atoms with van der Waals surface area (Å²) in [7, 11) is 6.86. The number of anilines is 1. The molecule has 0 spiro atoms. The number of carbonyl (C=O) groups excluding carboxylic acids is 4. The standard InChI is InChI=1S/C47H75N5O7/c1-13-31(6)43(51(10)47(57)37(29(2)3)26-39(53)42(30(4)5)50(9)28-34-19-17-22-36(48)25-34)40(58-11)27-41(54)52-24-18-23-38(52)45(59-12)32(7)46(56)49-33(8)44(55)35-20-15-14-16-21-35/h14-17,19-22,25,29-33,37-38,40,42-45,55H,13,18,23-24,26-28,48H2,1-12H3,(H,49,56)/t31-,32+,33+,37-,38-,40+,42-,43?,44+,45+/m0/s1. The van der Waals surface area contributed by atoms with Gasteiger partial charge in [-0.05, 0) is 67.8 Å². The summed E-state index contributed by atoms with van der Waals surface area (Å²) in [4.78, 5) is 62.2. The first-order valence-corrected chi connectivity index (χ1v) is 21.6. The van der Waals surface area contributed by atoms with E-state index in [1.54, 1.807) is 40.0 Å². The Morgan fingerprint density at radius 2 is 1.58 bits per heavy atom. The number of aliphatic hydroxyl groups is 1. The molecule has 12 nitrogen and oxygen atoms in total. The smallest absolute Gasteiger partial charge is 0.226 e. The van der Waals surface area contributed by atoms with Crippen LogP contribution in [-0.2, 0) is 35.2 Å². The molecule has 330 valence electrons. The number of rotatable bonds is 23. The Hall–Kier alpha value is -3.84. The number of hydrogen-bond donors (Lipinski definition) is 3. The second kappa shape index (κ2) is 23.2. The summed E-state index contributed by atoms with van der Waals surface area (Å²) >= 11 is 0. The third-order valence-electron chi connectivity index (χ3n) is 12.6. The number of amides is 3. The van der Waals surface area contributed by atoms with Gasteiger partial charge in [0.25, 0.3) is 0 Å². The molecule has 2 aromatic rings. The molecule has 1 heterocycles. The van der Waals surface area contributed by atoms with Crippen molar-refractivity contribution in [2.24, 2.45) is 29.6 Å². The van der Waals surface area contributed by atoms with E-state index in [-0.39, 0.29) is 60.1 Å². The van der Waals surface area contributed by atoms with Crippen LogP contribution in [0.4, 0.5) is 5.69 Å². The number of methoxy groups -OCH3 is 2. The van der Waals surface area contributed by atoms with Gasteiger partial charge in [0, 0.05) is 52.4 Å². The molecule has 0 saturated carbocycles. The van der Waals surface area contributed by atoms with Crippen LogP contribution in [0.1, 0.15) is 105 Å². The van der Waals surface area contributed by atoms with E-state index >= 15 is 0 Å². The number of nitrogens with one attached hydrogen (secondary N) is 1. The van der Waals surface area contributed by atoms with Crippen LogP contribution in [0, 0.1) is 29.6 Å². The molecule has 3 rings (SSSR count).